The molecule has 0 amide bonds. The minimum atomic E-state index is 0.0757. The van der Waals surface area contributed by atoms with Gasteiger partial charge in [-0.3, -0.25) is 0 Å². The van der Waals surface area contributed by atoms with Crippen LogP contribution in [-0.4, -0.2) is 10.2 Å². The van der Waals surface area contributed by atoms with Crippen molar-refractivity contribution in [2.75, 3.05) is 0 Å². The number of benzene rings is 2. The van der Waals surface area contributed by atoms with Crippen LogP contribution in [0.15, 0.2) is 30.3 Å². The monoisotopic (exact) mass is 228 g/mol. The summed E-state index contributed by atoms with van der Waals surface area (Å²) in [6, 6.07) is 8.77. The van der Waals surface area contributed by atoms with Gasteiger partial charge in [-0.1, -0.05) is 12.1 Å². The normalized spacial score (nSPS) is 10.5. The number of aromatic hydroxyl groups is 2. The second kappa shape index (κ2) is 4.13. The second-order valence-corrected chi connectivity index (χ2v) is 4.44. The molecule has 0 aromatic heterocycles. The first-order chi connectivity index (χ1) is 7.99. The Hall–Kier alpha value is -1.96. The molecule has 0 unspecified atom stereocenters. The highest BCUT2D eigenvalue weighted by molar-refractivity contribution is 5.72. The third-order valence-corrected chi connectivity index (χ3v) is 3.22. The van der Waals surface area contributed by atoms with Crippen molar-refractivity contribution in [2.45, 2.75) is 20.8 Å². The summed E-state index contributed by atoms with van der Waals surface area (Å²) in [5, 5.41) is 19.1. The fourth-order valence-corrected chi connectivity index (χ4v) is 1.96. The molecule has 0 aliphatic heterocycles. The third-order valence-electron chi connectivity index (χ3n) is 3.22. The Morgan fingerprint density at radius 3 is 1.94 bits per heavy atom. The molecule has 2 aromatic carbocycles. The van der Waals surface area contributed by atoms with Crippen LogP contribution in [0.25, 0.3) is 11.1 Å². The number of hydrogen-bond acceptors (Lipinski definition) is 2. The summed E-state index contributed by atoms with van der Waals surface area (Å²) in [4.78, 5) is 0. The molecule has 2 rings (SSSR count). The van der Waals surface area contributed by atoms with Crippen molar-refractivity contribution in [1.29, 1.82) is 0 Å². The fraction of sp³-hybridized carbons (Fsp3) is 0.200. The molecule has 2 nitrogen and oxygen atoms in total. The highest BCUT2D eigenvalue weighted by atomic mass is 16.3. The molecule has 17 heavy (non-hydrogen) atoms. The van der Waals surface area contributed by atoms with Crippen molar-refractivity contribution in [3.63, 3.8) is 0 Å². The van der Waals surface area contributed by atoms with E-state index in [0.717, 1.165) is 11.1 Å². The molecule has 0 atom stereocenters. The van der Waals surface area contributed by atoms with Gasteiger partial charge in [-0.05, 0) is 55.2 Å². The smallest absolute Gasteiger partial charge is 0.127 e. The third kappa shape index (κ3) is 2.11. The first-order valence-corrected chi connectivity index (χ1v) is 5.59. The summed E-state index contributed by atoms with van der Waals surface area (Å²) in [5.41, 5.74) is 5.39. The van der Waals surface area contributed by atoms with E-state index in [9.17, 15) is 10.2 Å². The number of phenolic OH excluding ortho intramolecular Hbond substituents is 2. The zero-order valence-corrected chi connectivity index (χ0v) is 10.3. The first-order valence-electron chi connectivity index (χ1n) is 5.59. The molecule has 0 saturated carbocycles. The first kappa shape index (κ1) is 11.5. The predicted molar refractivity (Wildman–Crippen MR) is 69.4 cm³/mol. The lowest BCUT2D eigenvalue weighted by molar-refractivity contribution is 0.452. The van der Waals surface area contributed by atoms with E-state index in [4.69, 9.17) is 0 Å². The largest absolute Gasteiger partial charge is 0.508 e. The lowest BCUT2D eigenvalue weighted by atomic mass is 9.96. The molecule has 0 heterocycles. The minimum absolute atomic E-state index is 0.0757. The van der Waals surface area contributed by atoms with Crippen molar-refractivity contribution in [3.05, 3.63) is 47.0 Å². The van der Waals surface area contributed by atoms with Crippen LogP contribution in [0, 0.1) is 20.8 Å². The molecule has 2 N–H and O–H groups in total. The second-order valence-electron chi connectivity index (χ2n) is 4.44. The standard InChI is InChI=1S/C15H16O2/c1-9-6-12(7-10(2)11(9)3)14-5-4-13(16)8-15(14)17/h4-8,16-17H,1-3H3. The molecule has 88 valence electrons. The Morgan fingerprint density at radius 2 is 1.41 bits per heavy atom. The number of aryl methyl sites for hydroxylation is 2. The van der Waals surface area contributed by atoms with Crippen LogP contribution in [0.2, 0.25) is 0 Å². The van der Waals surface area contributed by atoms with E-state index in [1.54, 1.807) is 12.1 Å². The SMILES string of the molecule is Cc1cc(-c2ccc(O)cc2O)cc(C)c1C. The molecular weight excluding hydrogens is 212 g/mol. The maximum Gasteiger partial charge on any atom is 0.127 e. The highest BCUT2D eigenvalue weighted by Crippen LogP contribution is 2.33. The average Bonchev–Trinajstić information content (AvgIpc) is 2.25. The van der Waals surface area contributed by atoms with Crippen LogP contribution in [0.4, 0.5) is 0 Å². The van der Waals surface area contributed by atoms with Gasteiger partial charge < -0.3 is 10.2 Å². The molecule has 0 fully saturated rings. The van der Waals surface area contributed by atoms with Crippen molar-refractivity contribution in [2.24, 2.45) is 0 Å². The zero-order valence-electron chi connectivity index (χ0n) is 10.3. The lowest BCUT2D eigenvalue weighted by Gasteiger charge is -2.10. The fourth-order valence-electron chi connectivity index (χ4n) is 1.96. The molecule has 2 aromatic rings. The van der Waals surface area contributed by atoms with E-state index in [0.29, 0.717) is 0 Å². The van der Waals surface area contributed by atoms with E-state index >= 15 is 0 Å². The van der Waals surface area contributed by atoms with E-state index in [2.05, 4.69) is 32.9 Å². The molecule has 2 heteroatoms. The van der Waals surface area contributed by atoms with Crippen LogP contribution >= 0.6 is 0 Å². The van der Waals surface area contributed by atoms with Gasteiger partial charge in [0, 0.05) is 11.6 Å². The van der Waals surface area contributed by atoms with Gasteiger partial charge in [0.05, 0.1) is 0 Å². The number of rotatable bonds is 1. The summed E-state index contributed by atoms with van der Waals surface area (Å²) < 4.78 is 0. The van der Waals surface area contributed by atoms with Crippen molar-refractivity contribution >= 4 is 0 Å². The quantitative estimate of drug-likeness (QED) is 0.781. The Bertz CT molecular complexity index is 548. The average molecular weight is 228 g/mol. The molecule has 0 aliphatic carbocycles. The van der Waals surface area contributed by atoms with Crippen molar-refractivity contribution in [1.82, 2.24) is 0 Å². The van der Waals surface area contributed by atoms with Gasteiger partial charge in [0.25, 0.3) is 0 Å². The van der Waals surface area contributed by atoms with Gasteiger partial charge in [-0.2, -0.15) is 0 Å². The summed E-state index contributed by atoms with van der Waals surface area (Å²) in [6.45, 7) is 6.21. The molecule has 0 spiro atoms. The summed E-state index contributed by atoms with van der Waals surface area (Å²) in [5.74, 6) is 0.180. The maximum absolute atomic E-state index is 9.84. The zero-order chi connectivity index (χ0) is 12.6. The molecule has 0 saturated heterocycles. The van der Waals surface area contributed by atoms with E-state index in [-0.39, 0.29) is 11.5 Å². The van der Waals surface area contributed by atoms with Crippen molar-refractivity contribution in [3.8, 4) is 22.6 Å². The van der Waals surface area contributed by atoms with E-state index in [1.807, 2.05) is 0 Å². The molecule has 0 bridgehead atoms. The Labute approximate surface area is 101 Å². The molecule has 0 aliphatic rings. The van der Waals surface area contributed by atoms with Gasteiger partial charge in [0.2, 0.25) is 0 Å². The highest BCUT2D eigenvalue weighted by Gasteiger charge is 2.07. The summed E-state index contributed by atoms with van der Waals surface area (Å²) in [6.07, 6.45) is 0. The van der Waals surface area contributed by atoms with Crippen LogP contribution in [0.5, 0.6) is 11.5 Å². The summed E-state index contributed by atoms with van der Waals surface area (Å²) >= 11 is 0. The number of hydrogen-bond donors (Lipinski definition) is 2. The van der Waals surface area contributed by atoms with E-state index < -0.39 is 0 Å². The number of phenols is 2. The maximum atomic E-state index is 9.84. The lowest BCUT2D eigenvalue weighted by Crippen LogP contribution is -1.89. The Kier molecular flexibility index (Phi) is 2.80. The van der Waals surface area contributed by atoms with Crippen LogP contribution in [0.3, 0.4) is 0 Å². The van der Waals surface area contributed by atoms with E-state index in [1.165, 1.54) is 22.8 Å². The Morgan fingerprint density at radius 1 is 0.824 bits per heavy atom. The van der Waals surface area contributed by atoms with Gasteiger partial charge >= 0.3 is 0 Å². The minimum Gasteiger partial charge on any atom is -0.508 e. The molecule has 0 radical (unpaired) electrons. The van der Waals surface area contributed by atoms with Gasteiger partial charge in [0.15, 0.2) is 0 Å². The van der Waals surface area contributed by atoms with Gasteiger partial charge in [-0.15, -0.1) is 0 Å². The summed E-state index contributed by atoms with van der Waals surface area (Å²) in [7, 11) is 0. The molecular formula is C15H16O2. The predicted octanol–water partition coefficient (Wildman–Crippen LogP) is 3.69. The van der Waals surface area contributed by atoms with Gasteiger partial charge in [0.1, 0.15) is 11.5 Å². The van der Waals surface area contributed by atoms with Crippen LogP contribution in [-0.2, 0) is 0 Å². The van der Waals surface area contributed by atoms with Crippen molar-refractivity contribution < 1.29 is 10.2 Å². The van der Waals surface area contributed by atoms with Gasteiger partial charge in [-0.25, -0.2) is 0 Å². The van der Waals surface area contributed by atoms with Crippen LogP contribution in [0.1, 0.15) is 16.7 Å². The Balaban J connectivity index is 2.61. The van der Waals surface area contributed by atoms with Crippen LogP contribution < -0.4 is 0 Å². The topological polar surface area (TPSA) is 40.5 Å².